The van der Waals surface area contributed by atoms with Gasteiger partial charge in [0.05, 0.1) is 31.8 Å². The second-order valence-electron chi connectivity index (χ2n) is 4.67. The number of carbonyl (C=O) groups excluding carboxylic acids is 1. The van der Waals surface area contributed by atoms with Crippen molar-refractivity contribution in [2.45, 2.75) is 6.92 Å². The molecule has 2 rings (SSSR count). The van der Waals surface area contributed by atoms with Gasteiger partial charge in [-0.15, -0.1) is 0 Å². The SMILES string of the molecule is CCOc1cc(/C=C2/SC(=S)N(CCOC)C2=O)ccc1OC. The summed E-state index contributed by atoms with van der Waals surface area (Å²) in [5, 5.41) is 0. The zero-order valence-corrected chi connectivity index (χ0v) is 15.0. The van der Waals surface area contributed by atoms with Gasteiger partial charge < -0.3 is 14.2 Å². The third-order valence-corrected chi connectivity index (χ3v) is 4.56. The van der Waals surface area contributed by atoms with Crippen molar-refractivity contribution < 1.29 is 19.0 Å². The molecule has 0 bridgehead atoms. The fraction of sp³-hybridized carbons (Fsp3) is 0.375. The predicted molar refractivity (Wildman–Crippen MR) is 95.9 cm³/mol. The minimum Gasteiger partial charge on any atom is -0.493 e. The third-order valence-electron chi connectivity index (χ3n) is 3.18. The van der Waals surface area contributed by atoms with Gasteiger partial charge in [-0.05, 0) is 30.7 Å². The maximum atomic E-state index is 12.4. The molecular formula is C16H19NO4S2. The van der Waals surface area contributed by atoms with Crippen LogP contribution in [0, 0.1) is 0 Å². The predicted octanol–water partition coefficient (Wildman–Crippen LogP) is 2.94. The Morgan fingerprint density at radius 2 is 2.09 bits per heavy atom. The topological polar surface area (TPSA) is 48.0 Å². The number of methoxy groups -OCH3 is 2. The number of thiocarbonyl (C=S) groups is 1. The molecule has 1 aliphatic rings. The minimum atomic E-state index is -0.0918. The molecule has 0 N–H and O–H groups in total. The van der Waals surface area contributed by atoms with E-state index in [1.54, 1.807) is 19.1 Å². The number of ether oxygens (including phenoxy) is 3. The fourth-order valence-corrected chi connectivity index (χ4v) is 3.39. The number of thioether (sulfide) groups is 1. The first-order chi connectivity index (χ1) is 11.1. The van der Waals surface area contributed by atoms with Gasteiger partial charge in [0.1, 0.15) is 4.32 Å². The summed E-state index contributed by atoms with van der Waals surface area (Å²) in [7, 11) is 3.19. The lowest BCUT2D eigenvalue weighted by Gasteiger charge is -2.13. The molecule has 0 spiro atoms. The Labute approximate surface area is 145 Å². The van der Waals surface area contributed by atoms with Crippen LogP contribution in [-0.2, 0) is 9.53 Å². The van der Waals surface area contributed by atoms with Gasteiger partial charge in [0.2, 0.25) is 0 Å². The standard InChI is InChI=1S/C16H19NO4S2/c1-4-21-13-9-11(5-6-12(13)20-3)10-14-15(18)17(7-8-19-2)16(22)23-14/h5-6,9-10H,4,7-8H2,1-3H3/b14-10+. The van der Waals surface area contributed by atoms with Crippen LogP contribution in [0.1, 0.15) is 12.5 Å². The molecule has 1 fully saturated rings. The first-order valence-electron chi connectivity index (χ1n) is 7.15. The molecule has 1 aliphatic heterocycles. The molecule has 124 valence electrons. The van der Waals surface area contributed by atoms with E-state index in [0.29, 0.717) is 40.5 Å². The summed E-state index contributed by atoms with van der Waals surface area (Å²) in [4.78, 5) is 14.6. The average Bonchev–Trinajstić information content (AvgIpc) is 2.80. The van der Waals surface area contributed by atoms with Crippen LogP contribution in [-0.4, -0.2) is 49.1 Å². The van der Waals surface area contributed by atoms with Crippen LogP contribution in [0.5, 0.6) is 11.5 Å². The molecule has 1 aromatic carbocycles. The Morgan fingerprint density at radius 1 is 1.30 bits per heavy atom. The van der Waals surface area contributed by atoms with Crippen molar-refractivity contribution >= 4 is 40.3 Å². The number of rotatable bonds is 7. The van der Waals surface area contributed by atoms with Gasteiger partial charge in [-0.2, -0.15) is 0 Å². The highest BCUT2D eigenvalue weighted by atomic mass is 32.2. The van der Waals surface area contributed by atoms with Crippen LogP contribution in [0.25, 0.3) is 6.08 Å². The molecule has 0 aromatic heterocycles. The van der Waals surface area contributed by atoms with E-state index in [1.807, 2.05) is 31.2 Å². The molecule has 1 heterocycles. The van der Waals surface area contributed by atoms with Gasteiger partial charge >= 0.3 is 0 Å². The highest BCUT2D eigenvalue weighted by molar-refractivity contribution is 8.26. The number of nitrogens with zero attached hydrogens (tertiary/aromatic N) is 1. The van der Waals surface area contributed by atoms with Crippen LogP contribution in [0.2, 0.25) is 0 Å². The normalized spacial score (nSPS) is 16.3. The van der Waals surface area contributed by atoms with Gasteiger partial charge in [-0.25, -0.2) is 0 Å². The van der Waals surface area contributed by atoms with Crippen LogP contribution in [0.4, 0.5) is 0 Å². The van der Waals surface area contributed by atoms with Crippen molar-refractivity contribution in [2.75, 3.05) is 34.0 Å². The summed E-state index contributed by atoms with van der Waals surface area (Å²) < 4.78 is 16.4. The fourth-order valence-electron chi connectivity index (χ4n) is 2.08. The Hall–Kier alpha value is -1.57. The smallest absolute Gasteiger partial charge is 0.266 e. The van der Waals surface area contributed by atoms with Crippen molar-refractivity contribution in [2.24, 2.45) is 0 Å². The van der Waals surface area contributed by atoms with E-state index >= 15 is 0 Å². The van der Waals surface area contributed by atoms with Crippen LogP contribution in [0.3, 0.4) is 0 Å². The van der Waals surface area contributed by atoms with Crippen molar-refractivity contribution in [3.05, 3.63) is 28.7 Å². The number of hydrogen-bond donors (Lipinski definition) is 0. The van der Waals surface area contributed by atoms with Crippen LogP contribution < -0.4 is 9.47 Å². The van der Waals surface area contributed by atoms with Gasteiger partial charge in [-0.1, -0.05) is 30.0 Å². The molecular weight excluding hydrogens is 334 g/mol. The quantitative estimate of drug-likeness (QED) is 0.555. The summed E-state index contributed by atoms with van der Waals surface area (Å²) in [5.74, 6) is 1.22. The molecule has 7 heteroatoms. The molecule has 0 radical (unpaired) electrons. The lowest BCUT2D eigenvalue weighted by atomic mass is 10.2. The van der Waals surface area contributed by atoms with E-state index < -0.39 is 0 Å². The largest absolute Gasteiger partial charge is 0.493 e. The number of hydrogen-bond acceptors (Lipinski definition) is 6. The van der Waals surface area contributed by atoms with Crippen LogP contribution >= 0.6 is 24.0 Å². The molecule has 0 unspecified atom stereocenters. The zero-order chi connectivity index (χ0) is 16.8. The lowest BCUT2D eigenvalue weighted by Crippen LogP contribution is -2.31. The van der Waals surface area contributed by atoms with Gasteiger partial charge in [0.15, 0.2) is 11.5 Å². The maximum absolute atomic E-state index is 12.4. The van der Waals surface area contributed by atoms with Crippen molar-refractivity contribution in [1.82, 2.24) is 4.90 Å². The second kappa shape index (κ2) is 8.33. The number of carbonyl (C=O) groups is 1. The highest BCUT2D eigenvalue weighted by Gasteiger charge is 2.31. The Balaban J connectivity index is 2.23. The third kappa shape index (κ3) is 4.25. The summed E-state index contributed by atoms with van der Waals surface area (Å²) in [6.45, 7) is 3.37. The van der Waals surface area contributed by atoms with Gasteiger partial charge in [0.25, 0.3) is 5.91 Å². The van der Waals surface area contributed by atoms with Crippen molar-refractivity contribution in [1.29, 1.82) is 0 Å². The van der Waals surface area contributed by atoms with E-state index in [1.165, 1.54) is 11.8 Å². The average molecular weight is 353 g/mol. The Bertz CT molecular complexity index is 631. The summed E-state index contributed by atoms with van der Waals surface area (Å²) in [5.41, 5.74) is 0.862. The first-order valence-corrected chi connectivity index (χ1v) is 8.38. The highest BCUT2D eigenvalue weighted by Crippen LogP contribution is 2.34. The van der Waals surface area contributed by atoms with Gasteiger partial charge in [0, 0.05) is 7.11 Å². The first kappa shape index (κ1) is 17.8. The Morgan fingerprint density at radius 3 is 2.74 bits per heavy atom. The molecule has 1 amide bonds. The summed E-state index contributed by atoms with van der Waals surface area (Å²) in [6, 6.07) is 5.55. The van der Waals surface area contributed by atoms with Crippen molar-refractivity contribution in [3.63, 3.8) is 0 Å². The molecule has 0 atom stereocenters. The van der Waals surface area contributed by atoms with E-state index in [4.69, 9.17) is 26.4 Å². The summed E-state index contributed by atoms with van der Waals surface area (Å²) in [6.07, 6.45) is 1.81. The van der Waals surface area contributed by atoms with E-state index in [-0.39, 0.29) is 5.91 Å². The van der Waals surface area contributed by atoms with Crippen molar-refractivity contribution in [3.8, 4) is 11.5 Å². The monoisotopic (exact) mass is 353 g/mol. The number of benzene rings is 1. The lowest BCUT2D eigenvalue weighted by molar-refractivity contribution is -0.122. The van der Waals surface area contributed by atoms with E-state index in [2.05, 4.69) is 0 Å². The molecule has 0 saturated carbocycles. The van der Waals surface area contributed by atoms with Gasteiger partial charge in [-0.3, -0.25) is 9.69 Å². The Kier molecular flexibility index (Phi) is 6.44. The van der Waals surface area contributed by atoms with E-state index in [0.717, 1.165) is 5.56 Å². The molecule has 23 heavy (non-hydrogen) atoms. The number of amides is 1. The summed E-state index contributed by atoms with van der Waals surface area (Å²) >= 11 is 6.56. The zero-order valence-electron chi connectivity index (χ0n) is 13.3. The van der Waals surface area contributed by atoms with E-state index in [9.17, 15) is 4.79 Å². The minimum absolute atomic E-state index is 0.0918. The molecule has 5 nitrogen and oxygen atoms in total. The second-order valence-corrected chi connectivity index (χ2v) is 6.35. The molecule has 1 aromatic rings. The molecule has 0 aliphatic carbocycles. The molecule has 1 saturated heterocycles. The van der Waals surface area contributed by atoms with Crippen LogP contribution in [0.15, 0.2) is 23.1 Å². The maximum Gasteiger partial charge on any atom is 0.266 e.